The number of hydrogen-bond donors (Lipinski definition) is 1. The van der Waals surface area contributed by atoms with E-state index in [2.05, 4.69) is 4.90 Å². The largest absolute Gasteiger partial charge is 0.391 e. The summed E-state index contributed by atoms with van der Waals surface area (Å²) in [6, 6.07) is 0.435. The SMILES string of the molecule is COCC1CCCN(C2CCCC2O)C1. The lowest BCUT2D eigenvalue weighted by atomic mass is 9.97. The molecule has 0 radical (unpaired) electrons. The number of piperidine rings is 1. The molecule has 1 N–H and O–H groups in total. The molecule has 3 heteroatoms. The molecule has 0 aromatic carbocycles. The summed E-state index contributed by atoms with van der Waals surface area (Å²) in [4.78, 5) is 2.49. The molecule has 1 heterocycles. The average Bonchev–Trinajstić information content (AvgIpc) is 2.65. The predicted octanol–water partition coefficient (Wildman–Crippen LogP) is 1.26. The molecular formula is C12H23NO2. The lowest BCUT2D eigenvalue weighted by molar-refractivity contribution is 0.0247. The Balaban J connectivity index is 1.86. The summed E-state index contributed by atoms with van der Waals surface area (Å²) >= 11 is 0. The smallest absolute Gasteiger partial charge is 0.0695 e. The summed E-state index contributed by atoms with van der Waals surface area (Å²) in [6.07, 6.45) is 5.84. The molecule has 1 saturated carbocycles. The van der Waals surface area contributed by atoms with Gasteiger partial charge in [-0.25, -0.2) is 0 Å². The van der Waals surface area contributed by atoms with Crippen LogP contribution in [-0.4, -0.2) is 49.0 Å². The highest BCUT2D eigenvalue weighted by atomic mass is 16.5. The van der Waals surface area contributed by atoms with Crippen LogP contribution < -0.4 is 0 Å². The zero-order valence-electron chi connectivity index (χ0n) is 9.69. The van der Waals surface area contributed by atoms with Gasteiger partial charge in [-0.3, -0.25) is 4.90 Å². The first-order chi connectivity index (χ1) is 7.31. The Bertz CT molecular complexity index is 196. The van der Waals surface area contributed by atoms with Crippen molar-refractivity contribution < 1.29 is 9.84 Å². The highest BCUT2D eigenvalue weighted by Gasteiger charge is 2.33. The minimum absolute atomic E-state index is 0.0775. The molecular weight excluding hydrogens is 190 g/mol. The van der Waals surface area contributed by atoms with Crippen LogP contribution in [0.2, 0.25) is 0 Å². The molecule has 15 heavy (non-hydrogen) atoms. The van der Waals surface area contributed by atoms with Gasteiger partial charge in [0.2, 0.25) is 0 Å². The van der Waals surface area contributed by atoms with E-state index in [-0.39, 0.29) is 6.10 Å². The van der Waals surface area contributed by atoms with Gasteiger partial charge in [0.25, 0.3) is 0 Å². The van der Waals surface area contributed by atoms with Crippen LogP contribution in [0.3, 0.4) is 0 Å². The van der Waals surface area contributed by atoms with Gasteiger partial charge in [0.15, 0.2) is 0 Å². The Labute approximate surface area is 92.4 Å². The molecule has 3 nitrogen and oxygen atoms in total. The normalized spacial score (nSPS) is 38.4. The monoisotopic (exact) mass is 213 g/mol. The third-order valence-electron chi connectivity index (χ3n) is 3.87. The van der Waals surface area contributed by atoms with E-state index < -0.39 is 0 Å². The van der Waals surface area contributed by atoms with Gasteiger partial charge < -0.3 is 9.84 Å². The molecule has 2 rings (SSSR count). The topological polar surface area (TPSA) is 32.7 Å². The number of aliphatic hydroxyl groups excluding tert-OH is 1. The fourth-order valence-electron chi connectivity index (χ4n) is 3.12. The van der Waals surface area contributed by atoms with E-state index in [0.29, 0.717) is 12.0 Å². The van der Waals surface area contributed by atoms with E-state index in [9.17, 15) is 5.11 Å². The molecule has 3 atom stereocenters. The number of aliphatic hydroxyl groups is 1. The van der Waals surface area contributed by atoms with Gasteiger partial charge in [-0.05, 0) is 44.6 Å². The number of methoxy groups -OCH3 is 1. The van der Waals surface area contributed by atoms with Crippen molar-refractivity contribution in [1.82, 2.24) is 4.90 Å². The molecule has 1 aliphatic carbocycles. The van der Waals surface area contributed by atoms with E-state index in [1.54, 1.807) is 7.11 Å². The summed E-state index contributed by atoms with van der Waals surface area (Å²) in [5, 5.41) is 9.88. The third kappa shape index (κ3) is 2.71. The molecule has 0 aromatic rings. The van der Waals surface area contributed by atoms with Crippen molar-refractivity contribution in [3.05, 3.63) is 0 Å². The molecule has 0 aromatic heterocycles. The van der Waals surface area contributed by atoms with Crippen LogP contribution in [0.1, 0.15) is 32.1 Å². The van der Waals surface area contributed by atoms with Crippen molar-refractivity contribution in [1.29, 1.82) is 0 Å². The Kier molecular flexibility index (Phi) is 4.00. The molecule has 88 valence electrons. The van der Waals surface area contributed by atoms with Crippen LogP contribution in [0.25, 0.3) is 0 Å². The third-order valence-corrected chi connectivity index (χ3v) is 3.87. The Hall–Kier alpha value is -0.120. The van der Waals surface area contributed by atoms with Gasteiger partial charge in [-0.15, -0.1) is 0 Å². The van der Waals surface area contributed by atoms with Crippen LogP contribution in [-0.2, 0) is 4.74 Å². The fraction of sp³-hybridized carbons (Fsp3) is 1.00. The van der Waals surface area contributed by atoms with Gasteiger partial charge >= 0.3 is 0 Å². The minimum Gasteiger partial charge on any atom is -0.391 e. The number of ether oxygens (including phenoxy) is 1. The average molecular weight is 213 g/mol. The number of nitrogens with zero attached hydrogens (tertiary/aromatic N) is 1. The van der Waals surface area contributed by atoms with Crippen molar-refractivity contribution in [2.45, 2.75) is 44.2 Å². The van der Waals surface area contributed by atoms with Crippen LogP contribution >= 0.6 is 0 Å². The van der Waals surface area contributed by atoms with Crippen LogP contribution in [0, 0.1) is 5.92 Å². The van der Waals surface area contributed by atoms with Crippen molar-refractivity contribution in [3.8, 4) is 0 Å². The number of rotatable bonds is 3. The van der Waals surface area contributed by atoms with Crippen LogP contribution in [0.4, 0.5) is 0 Å². The van der Waals surface area contributed by atoms with Gasteiger partial charge in [0.1, 0.15) is 0 Å². The zero-order chi connectivity index (χ0) is 10.7. The maximum absolute atomic E-state index is 9.88. The molecule has 0 spiro atoms. The van der Waals surface area contributed by atoms with E-state index in [1.165, 1.54) is 32.2 Å². The molecule has 1 aliphatic heterocycles. The maximum atomic E-state index is 9.88. The molecule has 3 unspecified atom stereocenters. The summed E-state index contributed by atoms with van der Waals surface area (Å²) in [6.45, 7) is 3.16. The van der Waals surface area contributed by atoms with Crippen LogP contribution in [0.15, 0.2) is 0 Å². The van der Waals surface area contributed by atoms with E-state index in [0.717, 1.165) is 19.6 Å². The van der Waals surface area contributed by atoms with Crippen LogP contribution in [0.5, 0.6) is 0 Å². The second-order valence-electron chi connectivity index (χ2n) is 5.02. The Morgan fingerprint density at radius 1 is 1.27 bits per heavy atom. The summed E-state index contributed by atoms with van der Waals surface area (Å²) in [7, 11) is 1.78. The number of hydrogen-bond acceptors (Lipinski definition) is 3. The summed E-state index contributed by atoms with van der Waals surface area (Å²) < 4.78 is 5.23. The first-order valence-corrected chi connectivity index (χ1v) is 6.22. The van der Waals surface area contributed by atoms with Crippen molar-refractivity contribution in [2.75, 3.05) is 26.8 Å². The molecule has 0 amide bonds. The van der Waals surface area contributed by atoms with Gasteiger partial charge in [-0.1, -0.05) is 0 Å². The minimum atomic E-state index is -0.0775. The lowest BCUT2D eigenvalue weighted by Gasteiger charge is -2.37. The highest BCUT2D eigenvalue weighted by Crippen LogP contribution is 2.28. The second kappa shape index (κ2) is 5.28. The molecule has 2 fully saturated rings. The van der Waals surface area contributed by atoms with Crippen molar-refractivity contribution >= 4 is 0 Å². The lowest BCUT2D eigenvalue weighted by Crippen LogP contribution is -2.46. The standard InChI is InChI=1S/C12H23NO2/c1-15-9-10-4-3-7-13(8-10)11-5-2-6-12(11)14/h10-12,14H,2-9H2,1H3. The van der Waals surface area contributed by atoms with Gasteiger partial charge in [0, 0.05) is 19.7 Å². The number of likely N-dealkylation sites (tertiary alicyclic amines) is 1. The van der Waals surface area contributed by atoms with Gasteiger partial charge in [0.05, 0.1) is 12.7 Å². The van der Waals surface area contributed by atoms with Crippen molar-refractivity contribution in [3.63, 3.8) is 0 Å². The van der Waals surface area contributed by atoms with Crippen molar-refractivity contribution in [2.24, 2.45) is 5.92 Å². The first-order valence-electron chi connectivity index (χ1n) is 6.22. The van der Waals surface area contributed by atoms with E-state index >= 15 is 0 Å². The van der Waals surface area contributed by atoms with E-state index in [4.69, 9.17) is 4.74 Å². The Morgan fingerprint density at radius 2 is 2.13 bits per heavy atom. The quantitative estimate of drug-likeness (QED) is 0.766. The first kappa shape index (κ1) is 11.4. The molecule has 2 aliphatic rings. The highest BCUT2D eigenvalue weighted by molar-refractivity contribution is 4.87. The van der Waals surface area contributed by atoms with E-state index in [1.807, 2.05) is 0 Å². The zero-order valence-corrected chi connectivity index (χ0v) is 9.69. The van der Waals surface area contributed by atoms with Gasteiger partial charge in [-0.2, -0.15) is 0 Å². The summed E-state index contributed by atoms with van der Waals surface area (Å²) in [5.41, 5.74) is 0. The molecule has 1 saturated heterocycles. The predicted molar refractivity (Wildman–Crippen MR) is 59.8 cm³/mol. The molecule has 0 bridgehead atoms. The fourth-order valence-corrected chi connectivity index (χ4v) is 3.12. The summed E-state index contributed by atoms with van der Waals surface area (Å²) in [5.74, 6) is 0.677. The Morgan fingerprint density at radius 3 is 2.80 bits per heavy atom. The second-order valence-corrected chi connectivity index (χ2v) is 5.02. The maximum Gasteiger partial charge on any atom is 0.0695 e.